The summed E-state index contributed by atoms with van der Waals surface area (Å²) in [5.74, 6) is -4.08. The summed E-state index contributed by atoms with van der Waals surface area (Å²) in [4.78, 5) is 66.7. The molecule has 8 nitrogen and oxygen atoms in total. The highest BCUT2D eigenvalue weighted by molar-refractivity contribution is 9.10. The predicted octanol–water partition coefficient (Wildman–Crippen LogP) is 8.47. The fraction of sp³-hybridized carbons (Fsp3) is 0.0333. The third kappa shape index (κ3) is 6.08. The Hall–Kier alpha value is -3.44. The summed E-state index contributed by atoms with van der Waals surface area (Å²) in [6.07, 6.45) is 0. The number of hydrazine groups is 1. The molecule has 4 aromatic carbocycles. The summed E-state index contributed by atoms with van der Waals surface area (Å²) >= 11 is 34.0. The molecule has 0 aromatic heterocycles. The molecule has 222 valence electrons. The molecular weight excluding hydrogens is 742 g/mol. The summed E-state index contributed by atoms with van der Waals surface area (Å²) in [5.41, 5.74) is -0.319. The second kappa shape index (κ2) is 12.9. The summed E-state index contributed by atoms with van der Waals surface area (Å²) in [6, 6.07) is 17.6. The van der Waals surface area contributed by atoms with E-state index in [9.17, 15) is 24.0 Å². The Balaban J connectivity index is 1.45. The highest BCUT2D eigenvalue weighted by atomic mass is 79.9. The molecule has 1 heterocycles. The number of hydrogen-bond acceptors (Lipinski definition) is 6. The van der Waals surface area contributed by atoms with Crippen LogP contribution in [0.1, 0.15) is 51.8 Å². The molecule has 5 rings (SSSR count). The summed E-state index contributed by atoms with van der Waals surface area (Å²) < 4.78 is 6.16. The van der Waals surface area contributed by atoms with Gasteiger partial charge in [-0.3, -0.25) is 19.2 Å². The minimum Gasteiger partial charge on any atom is -0.423 e. The van der Waals surface area contributed by atoms with Crippen LogP contribution in [0.3, 0.4) is 0 Å². The molecule has 0 unspecified atom stereocenters. The summed E-state index contributed by atoms with van der Waals surface area (Å²) in [5, 5.41) is 0.282. The minimum atomic E-state index is -1.04. The van der Waals surface area contributed by atoms with Gasteiger partial charge in [0.05, 0.1) is 36.8 Å². The van der Waals surface area contributed by atoms with Crippen LogP contribution >= 0.6 is 73.9 Å². The Morgan fingerprint density at radius 2 is 1.14 bits per heavy atom. The van der Waals surface area contributed by atoms with Crippen LogP contribution in [0.2, 0.25) is 25.1 Å². The molecule has 3 amide bonds. The number of ketones is 1. The van der Waals surface area contributed by atoms with Crippen LogP contribution in [0.5, 0.6) is 5.75 Å². The molecule has 0 aliphatic carbocycles. The van der Waals surface area contributed by atoms with Gasteiger partial charge in [-0.25, -0.2) is 9.80 Å². The average molecular weight is 756 g/mol. The van der Waals surface area contributed by atoms with E-state index in [0.717, 1.165) is 4.47 Å². The number of amides is 3. The van der Waals surface area contributed by atoms with Crippen molar-refractivity contribution in [2.24, 2.45) is 0 Å². The second-order valence-corrected chi connectivity index (χ2v) is 12.0. The Morgan fingerprint density at radius 3 is 1.66 bits per heavy atom. The molecule has 0 N–H and O–H groups in total. The van der Waals surface area contributed by atoms with Crippen LogP contribution in [0.15, 0.2) is 77.3 Å². The number of nitrogens with zero attached hydrogens (tertiary/aromatic N) is 2. The van der Waals surface area contributed by atoms with Gasteiger partial charge in [-0.05, 0) is 72.8 Å². The van der Waals surface area contributed by atoms with Crippen molar-refractivity contribution in [1.82, 2.24) is 10.0 Å². The van der Waals surface area contributed by atoms with Crippen molar-refractivity contribution in [3.05, 3.63) is 130 Å². The number of Topliss-reactive ketones (excluding diaryl/α,β-unsaturated/α-hetero) is 1. The smallest absolute Gasteiger partial charge is 0.343 e. The number of halogens is 6. The van der Waals surface area contributed by atoms with Crippen LogP contribution in [-0.2, 0) is 0 Å². The molecule has 0 saturated carbocycles. The Morgan fingerprint density at radius 1 is 0.659 bits per heavy atom. The van der Waals surface area contributed by atoms with Gasteiger partial charge in [0, 0.05) is 20.6 Å². The molecule has 1 aliphatic rings. The quantitative estimate of drug-likeness (QED) is 0.0469. The number of rotatable bonds is 7. The van der Waals surface area contributed by atoms with E-state index in [0.29, 0.717) is 20.6 Å². The lowest BCUT2D eigenvalue weighted by atomic mass is 10.1. The SMILES string of the molecule is O=C(CN(C(=O)c1ccc(Cl)cc1)N1C(=O)c2c(Cl)c(Cl)c(Cl)c(Cl)c2C1=O)c1ccc(OC(=O)c2ccc(Br)cc2)cc1. The largest absolute Gasteiger partial charge is 0.423 e. The Labute approximate surface area is 283 Å². The molecule has 44 heavy (non-hydrogen) atoms. The second-order valence-electron chi connectivity index (χ2n) is 9.14. The van der Waals surface area contributed by atoms with Gasteiger partial charge in [-0.1, -0.05) is 73.9 Å². The van der Waals surface area contributed by atoms with E-state index >= 15 is 0 Å². The number of carbonyl (C=O) groups excluding carboxylic acids is 5. The zero-order valence-electron chi connectivity index (χ0n) is 21.7. The molecule has 0 spiro atoms. The zero-order valence-corrected chi connectivity index (χ0v) is 27.1. The first-order valence-electron chi connectivity index (χ1n) is 12.3. The molecule has 4 aromatic rings. The van der Waals surface area contributed by atoms with E-state index in [1.54, 1.807) is 24.3 Å². The number of ether oxygens (including phenoxy) is 1. The lowest BCUT2D eigenvalue weighted by molar-refractivity contribution is 0.00532. The van der Waals surface area contributed by atoms with E-state index < -0.39 is 36.0 Å². The van der Waals surface area contributed by atoms with Gasteiger partial charge in [0.25, 0.3) is 17.7 Å². The van der Waals surface area contributed by atoms with Crippen molar-refractivity contribution in [3.8, 4) is 5.75 Å². The monoisotopic (exact) mass is 752 g/mol. The fourth-order valence-electron chi connectivity index (χ4n) is 4.22. The first kappa shape index (κ1) is 32.0. The summed E-state index contributed by atoms with van der Waals surface area (Å²) in [7, 11) is 0. The third-order valence-corrected chi connectivity index (χ3v) is 8.99. The Bertz CT molecular complexity index is 1820. The summed E-state index contributed by atoms with van der Waals surface area (Å²) in [6.45, 7) is -0.762. The van der Waals surface area contributed by atoms with Crippen LogP contribution in [0.25, 0.3) is 0 Å². The van der Waals surface area contributed by atoms with Crippen LogP contribution < -0.4 is 4.74 Å². The standard InChI is InChI=1S/C30H14BrCl5N2O6/c31-17-7-1-16(2-8-17)30(43)44-19-11-5-14(6-12-19)20(39)13-37(27(40)15-3-9-18(32)10-4-15)38-28(41)21-22(29(38)42)24(34)26(36)25(35)23(21)33/h1-12H,13H2. The first-order valence-corrected chi connectivity index (χ1v) is 15.0. The van der Waals surface area contributed by atoms with E-state index in [2.05, 4.69) is 15.9 Å². The highest BCUT2D eigenvalue weighted by Gasteiger charge is 2.46. The minimum absolute atomic E-state index is 0.0159. The van der Waals surface area contributed by atoms with Crippen LogP contribution in [-0.4, -0.2) is 46.0 Å². The molecule has 0 atom stereocenters. The van der Waals surface area contributed by atoms with E-state index in [1.165, 1.54) is 48.5 Å². The maximum Gasteiger partial charge on any atom is 0.343 e. The maximum absolute atomic E-state index is 13.7. The molecule has 0 radical (unpaired) electrons. The van der Waals surface area contributed by atoms with E-state index in [1.807, 2.05) is 0 Å². The number of esters is 1. The fourth-order valence-corrected chi connectivity index (χ4v) is 5.62. The van der Waals surface area contributed by atoms with Crippen molar-refractivity contribution >= 4 is 103 Å². The van der Waals surface area contributed by atoms with Crippen molar-refractivity contribution in [2.75, 3.05) is 6.54 Å². The molecular formula is C30H14BrCl5N2O6. The predicted molar refractivity (Wildman–Crippen MR) is 169 cm³/mol. The highest BCUT2D eigenvalue weighted by Crippen LogP contribution is 2.45. The number of benzene rings is 4. The first-order chi connectivity index (χ1) is 20.9. The molecule has 1 aliphatic heterocycles. The van der Waals surface area contributed by atoms with Crippen molar-refractivity contribution in [3.63, 3.8) is 0 Å². The van der Waals surface area contributed by atoms with Crippen molar-refractivity contribution in [2.45, 2.75) is 0 Å². The van der Waals surface area contributed by atoms with E-state index in [-0.39, 0.29) is 48.1 Å². The molecule has 0 bridgehead atoms. The van der Waals surface area contributed by atoms with Gasteiger partial charge in [0.15, 0.2) is 5.78 Å². The van der Waals surface area contributed by atoms with Crippen LogP contribution in [0, 0.1) is 0 Å². The topological polar surface area (TPSA) is 101 Å². The maximum atomic E-state index is 13.7. The zero-order chi connectivity index (χ0) is 31.9. The molecule has 0 saturated heterocycles. The van der Waals surface area contributed by atoms with Gasteiger partial charge in [-0.15, -0.1) is 0 Å². The number of hydrogen-bond donors (Lipinski definition) is 0. The van der Waals surface area contributed by atoms with Gasteiger partial charge >= 0.3 is 5.97 Å². The van der Waals surface area contributed by atoms with Crippen LogP contribution in [0.4, 0.5) is 0 Å². The third-order valence-electron chi connectivity index (χ3n) is 6.41. The lowest BCUT2D eigenvalue weighted by Crippen LogP contribution is -2.51. The van der Waals surface area contributed by atoms with Crippen molar-refractivity contribution < 1.29 is 28.7 Å². The Kier molecular flexibility index (Phi) is 9.36. The molecule has 0 fully saturated rings. The number of imide groups is 1. The number of carbonyl (C=O) groups is 5. The normalized spacial score (nSPS) is 12.3. The van der Waals surface area contributed by atoms with E-state index in [4.69, 9.17) is 62.7 Å². The van der Waals surface area contributed by atoms with Gasteiger partial charge in [-0.2, -0.15) is 5.01 Å². The van der Waals surface area contributed by atoms with Gasteiger partial charge in [0.2, 0.25) is 0 Å². The van der Waals surface area contributed by atoms with Crippen molar-refractivity contribution in [1.29, 1.82) is 0 Å². The average Bonchev–Trinajstić information content (AvgIpc) is 3.27. The van der Waals surface area contributed by atoms with Gasteiger partial charge < -0.3 is 4.74 Å². The lowest BCUT2D eigenvalue weighted by Gasteiger charge is -2.29. The molecule has 14 heteroatoms. The number of fused-ring (bicyclic) bond motifs is 1. The van der Waals surface area contributed by atoms with Gasteiger partial charge in [0.1, 0.15) is 12.3 Å².